The molecule has 1 N–H and O–H groups in total. The van der Waals surface area contributed by atoms with Crippen LogP contribution in [0.2, 0.25) is 5.02 Å². The first kappa shape index (κ1) is 17.2. The van der Waals surface area contributed by atoms with Crippen LogP contribution in [0.3, 0.4) is 0 Å². The van der Waals surface area contributed by atoms with Gasteiger partial charge >= 0.3 is 0 Å². The van der Waals surface area contributed by atoms with Crippen LogP contribution in [0.25, 0.3) is 33.3 Å². The molecular formula is C20H11ClF2N2O2. The minimum Gasteiger partial charge on any atom is -0.425 e. The first-order chi connectivity index (χ1) is 13.0. The number of rotatable bonds is 2. The second-order valence-electron chi connectivity index (χ2n) is 5.84. The summed E-state index contributed by atoms with van der Waals surface area (Å²) in [4.78, 5) is 16.4. The van der Waals surface area contributed by atoms with Gasteiger partial charge in [0.2, 0.25) is 0 Å². The van der Waals surface area contributed by atoms with Crippen LogP contribution in [0.15, 0.2) is 65.6 Å². The van der Waals surface area contributed by atoms with E-state index in [1.165, 1.54) is 18.3 Å². The molecule has 2 aromatic carbocycles. The van der Waals surface area contributed by atoms with Crippen molar-refractivity contribution in [2.24, 2.45) is 0 Å². The van der Waals surface area contributed by atoms with Crippen LogP contribution in [0, 0.1) is 11.6 Å². The summed E-state index contributed by atoms with van der Waals surface area (Å²) in [5.74, 6) is -1.71. The van der Waals surface area contributed by atoms with Gasteiger partial charge in [-0.05, 0) is 29.8 Å². The molecule has 0 unspecified atom stereocenters. The minimum atomic E-state index is -0.856. The van der Waals surface area contributed by atoms with Crippen molar-refractivity contribution in [2.75, 3.05) is 0 Å². The molecule has 0 fully saturated rings. The van der Waals surface area contributed by atoms with Crippen LogP contribution < -0.4 is 5.56 Å². The number of nitrogens with zero attached hydrogens (tertiary/aromatic N) is 2. The van der Waals surface area contributed by atoms with Gasteiger partial charge < -0.3 is 5.21 Å². The third-order valence-corrected chi connectivity index (χ3v) is 4.60. The average Bonchev–Trinajstić information content (AvgIpc) is 2.65. The lowest BCUT2D eigenvalue weighted by Gasteiger charge is -2.14. The fourth-order valence-corrected chi connectivity index (χ4v) is 3.31. The largest absolute Gasteiger partial charge is 0.425 e. The van der Waals surface area contributed by atoms with E-state index in [4.69, 9.17) is 11.6 Å². The van der Waals surface area contributed by atoms with Crippen molar-refractivity contribution >= 4 is 22.5 Å². The molecule has 0 saturated carbocycles. The lowest BCUT2D eigenvalue weighted by atomic mass is 9.99. The van der Waals surface area contributed by atoms with E-state index in [9.17, 15) is 18.8 Å². The van der Waals surface area contributed by atoms with Crippen molar-refractivity contribution in [1.29, 1.82) is 0 Å². The molecule has 4 rings (SSSR count). The molecule has 0 bridgehead atoms. The van der Waals surface area contributed by atoms with Crippen LogP contribution in [-0.4, -0.2) is 14.9 Å². The fraction of sp³-hybridized carbons (Fsp3) is 0. The van der Waals surface area contributed by atoms with Crippen LogP contribution in [0.1, 0.15) is 0 Å². The number of pyridine rings is 2. The molecule has 0 atom stereocenters. The third kappa shape index (κ3) is 2.74. The fourth-order valence-electron chi connectivity index (χ4n) is 3.07. The van der Waals surface area contributed by atoms with E-state index < -0.39 is 22.8 Å². The normalized spacial score (nSPS) is 11.1. The van der Waals surface area contributed by atoms with Crippen LogP contribution in [-0.2, 0) is 0 Å². The first-order valence-electron chi connectivity index (χ1n) is 7.92. The van der Waals surface area contributed by atoms with Crippen LogP contribution in [0.4, 0.5) is 8.78 Å². The molecule has 0 saturated heterocycles. The smallest absolute Gasteiger partial charge is 0.284 e. The Hall–Kier alpha value is -3.25. The molecule has 0 spiro atoms. The molecule has 0 aliphatic heterocycles. The van der Waals surface area contributed by atoms with Gasteiger partial charge in [-0.3, -0.25) is 9.78 Å². The van der Waals surface area contributed by atoms with Gasteiger partial charge in [0.25, 0.3) is 5.56 Å². The first-order valence-corrected chi connectivity index (χ1v) is 8.30. The Labute approximate surface area is 156 Å². The molecule has 27 heavy (non-hydrogen) atoms. The van der Waals surface area contributed by atoms with Gasteiger partial charge in [-0.1, -0.05) is 35.9 Å². The predicted octanol–water partition coefficient (Wildman–Crippen LogP) is 4.90. The highest BCUT2D eigenvalue weighted by atomic mass is 35.5. The maximum absolute atomic E-state index is 14.3. The second-order valence-corrected chi connectivity index (χ2v) is 6.25. The predicted molar refractivity (Wildman–Crippen MR) is 99.0 cm³/mol. The van der Waals surface area contributed by atoms with Crippen molar-refractivity contribution in [3.05, 3.63) is 87.8 Å². The molecule has 0 amide bonds. The lowest BCUT2D eigenvalue weighted by Crippen LogP contribution is -2.18. The molecule has 0 radical (unpaired) electrons. The van der Waals surface area contributed by atoms with Crippen LogP contribution in [0.5, 0.6) is 0 Å². The van der Waals surface area contributed by atoms with E-state index in [0.29, 0.717) is 26.3 Å². The Morgan fingerprint density at radius 3 is 2.37 bits per heavy atom. The van der Waals surface area contributed by atoms with E-state index in [1.54, 1.807) is 30.3 Å². The van der Waals surface area contributed by atoms with Crippen LogP contribution >= 0.6 is 11.6 Å². The number of aromatic nitrogens is 2. The van der Waals surface area contributed by atoms with Gasteiger partial charge in [0.15, 0.2) is 0 Å². The van der Waals surface area contributed by atoms with Gasteiger partial charge in [0.1, 0.15) is 22.8 Å². The molecule has 4 aromatic rings. The number of fused-ring (bicyclic) bond motifs is 1. The topological polar surface area (TPSA) is 55.1 Å². The Balaban J connectivity index is 2.17. The van der Waals surface area contributed by atoms with Crippen molar-refractivity contribution in [3.63, 3.8) is 0 Å². The average molecular weight is 385 g/mol. The summed E-state index contributed by atoms with van der Waals surface area (Å²) in [7, 11) is 0. The van der Waals surface area contributed by atoms with Gasteiger partial charge in [-0.15, -0.1) is 4.73 Å². The van der Waals surface area contributed by atoms with Gasteiger partial charge in [-0.25, -0.2) is 8.78 Å². The van der Waals surface area contributed by atoms with Crippen molar-refractivity contribution in [1.82, 2.24) is 9.71 Å². The highest BCUT2D eigenvalue weighted by molar-refractivity contribution is 6.33. The molecule has 2 heterocycles. The van der Waals surface area contributed by atoms with E-state index in [2.05, 4.69) is 4.98 Å². The summed E-state index contributed by atoms with van der Waals surface area (Å²) < 4.78 is 29.0. The van der Waals surface area contributed by atoms with E-state index in [1.807, 2.05) is 0 Å². The molecule has 134 valence electrons. The summed E-state index contributed by atoms with van der Waals surface area (Å²) in [6.45, 7) is 0. The number of benzene rings is 2. The molecular weight excluding hydrogens is 374 g/mol. The summed E-state index contributed by atoms with van der Waals surface area (Å²) in [5, 5.41) is 11.1. The molecule has 7 heteroatoms. The SMILES string of the molecule is O=c1cc(-c2ccccc2Cl)c2ccnc(-c3c(F)cccc3F)c2n1O. The molecule has 4 nitrogen and oxygen atoms in total. The van der Waals surface area contributed by atoms with E-state index >= 15 is 0 Å². The Morgan fingerprint density at radius 1 is 0.963 bits per heavy atom. The maximum atomic E-state index is 14.3. The summed E-state index contributed by atoms with van der Waals surface area (Å²) >= 11 is 6.25. The standard InChI is InChI=1S/C20H11ClF2N2O2/c21-14-5-2-1-4-11(14)13-10-17(26)25(27)20-12(13)8-9-24-19(20)18-15(22)6-3-7-16(18)23/h1-10,27H. The Bertz CT molecular complexity index is 1230. The quantitative estimate of drug-likeness (QED) is 0.500. The van der Waals surface area contributed by atoms with Crippen molar-refractivity contribution in [2.45, 2.75) is 0 Å². The zero-order valence-electron chi connectivity index (χ0n) is 13.7. The summed E-state index contributed by atoms with van der Waals surface area (Å²) in [6.07, 6.45) is 1.36. The highest BCUT2D eigenvalue weighted by Crippen LogP contribution is 2.36. The van der Waals surface area contributed by atoms with Crippen molar-refractivity contribution < 1.29 is 14.0 Å². The van der Waals surface area contributed by atoms with E-state index in [-0.39, 0.29) is 11.2 Å². The monoisotopic (exact) mass is 384 g/mol. The molecule has 2 aromatic heterocycles. The van der Waals surface area contributed by atoms with Crippen molar-refractivity contribution in [3.8, 4) is 22.4 Å². The number of hydrogen-bond donors (Lipinski definition) is 1. The number of hydrogen-bond acceptors (Lipinski definition) is 3. The zero-order chi connectivity index (χ0) is 19.1. The Kier molecular flexibility index (Phi) is 4.12. The van der Waals surface area contributed by atoms with Gasteiger partial charge in [0.05, 0.1) is 5.56 Å². The minimum absolute atomic E-state index is 0.107. The second kappa shape index (κ2) is 6.48. The molecule has 0 aliphatic rings. The highest BCUT2D eigenvalue weighted by Gasteiger charge is 2.21. The van der Waals surface area contributed by atoms with Gasteiger partial charge in [-0.2, -0.15) is 0 Å². The zero-order valence-corrected chi connectivity index (χ0v) is 14.4. The maximum Gasteiger partial charge on any atom is 0.284 e. The lowest BCUT2D eigenvalue weighted by molar-refractivity contribution is 0.189. The third-order valence-electron chi connectivity index (χ3n) is 4.27. The summed E-state index contributed by atoms with van der Waals surface area (Å²) in [6, 6.07) is 13.0. The summed E-state index contributed by atoms with van der Waals surface area (Å²) in [5.41, 5.74) is -0.523. The number of halogens is 3. The molecule has 0 aliphatic carbocycles. The van der Waals surface area contributed by atoms with E-state index in [0.717, 1.165) is 12.1 Å². The van der Waals surface area contributed by atoms with Gasteiger partial charge in [0, 0.05) is 28.2 Å². The Morgan fingerprint density at radius 2 is 1.67 bits per heavy atom.